The molecule has 4 aromatic rings. The summed E-state index contributed by atoms with van der Waals surface area (Å²) in [5.41, 5.74) is 5.70. The number of benzene rings is 2. The molecule has 2 aromatic carbocycles. The molecule has 5 fully saturated rings. The second-order valence-electron chi connectivity index (χ2n) is 17.0. The Labute approximate surface area is 343 Å². The summed E-state index contributed by atoms with van der Waals surface area (Å²) in [5, 5.41) is 3.94. The van der Waals surface area contributed by atoms with E-state index in [9.17, 15) is 19.2 Å². The smallest absolute Gasteiger partial charge is 0.260 e. The van der Waals surface area contributed by atoms with E-state index in [1.165, 1.54) is 0 Å². The van der Waals surface area contributed by atoms with Crippen molar-refractivity contribution in [3.05, 3.63) is 75.8 Å². The number of nitrogens with zero attached hydrogens (tertiary/aromatic N) is 7. The fraction of sp³-hybridized carbons (Fsp3) is 0.489. The van der Waals surface area contributed by atoms with E-state index in [2.05, 4.69) is 49.2 Å². The molecule has 10 rings (SSSR count). The van der Waals surface area contributed by atoms with Crippen molar-refractivity contribution in [2.24, 2.45) is 0 Å². The van der Waals surface area contributed by atoms with Crippen molar-refractivity contribution in [3.63, 3.8) is 0 Å². The minimum absolute atomic E-state index is 0.0224. The van der Waals surface area contributed by atoms with E-state index >= 15 is 0 Å². The number of piperidine rings is 2. The number of hydrogen-bond donors (Lipinski definition) is 1. The van der Waals surface area contributed by atoms with Crippen LogP contribution in [0.3, 0.4) is 0 Å². The number of carbonyl (C=O) groups excluding carboxylic acids is 3. The number of carbonyl (C=O) groups is 3. The van der Waals surface area contributed by atoms with Crippen molar-refractivity contribution in [1.29, 1.82) is 0 Å². The number of likely N-dealkylation sites (tertiary alicyclic amines) is 1. The zero-order valence-corrected chi connectivity index (χ0v) is 34.0. The maximum atomic E-state index is 13.6. The highest BCUT2D eigenvalue weighted by Gasteiger charge is 2.39. The van der Waals surface area contributed by atoms with Crippen molar-refractivity contribution in [3.8, 4) is 22.6 Å². The molecule has 0 spiro atoms. The number of pyridine rings is 2. The Morgan fingerprint density at radius 3 is 2.17 bits per heavy atom. The maximum Gasteiger partial charge on any atom is 0.260 e. The molecule has 0 bridgehead atoms. The molecule has 1 atom stereocenters. The minimum Gasteiger partial charge on any atom is -0.496 e. The Bertz CT molecular complexity index is 2370. The third kappa shape index (κ3) is 6.99. The summed E-state index contributed by atoms with van der Waals surface area (Å²) in [4.78, 5) is 67.1. The summed E-state index contributed by atoms with van der Waals surface area (Å²) in [5.74, 6) is 1.68. The molecular formula is C45H52N8O6. The summed E-state index contributed by atoms with van der Waals surface area (Å²) < 4.78 is 14.1. The van der Waals surface area contributed by atoms with Crippen LogP contribution in [-0.4, -0.2) is 121 Å². The van der Waals surface area contributed by atoms with Gasteiger partial charge in [0, 0.05) is 105 Å². The highest BCUT2D eigenvalue weighted by Crippen LogP contribution is 2.41. The minimum atomic E-state index is -0.604. The average Bonchev–Trinajstić information content (AvgIpc) is 4.03. The van der Waals surface area contributed by atoms with E-state index in [-0.39, 0.29) is 35.7 Å². The average molecular weight is 801 g/mol. The van der Waals surface area contributed by atoms with Crippen molar-refractivity contribution in [1.82, 2.24) is 29.6 Å². The zero-order chi connectivity index (χ0) is 40.4. The van der Waals surface area contributed by atoms with Crippen molar-refractivity contribution in [2.75, 3.05) is 76.4 Å². The lowest BCUT2D eigenvalue weighted by Crippen LogP contribution is -2.53. The van der Waals surface area contributed by atoms with Crippen LogP contribution < -0.4 is 30.1 Å². The van der Waals surface area contributed by atoms with Crippen LogP contribution in [0.25, 0.3) is 21.9 Å². The quantitative estimate of drug-likeness (QED) is 0.232. The van der Waals surface area contributed by atoms with Gasteiger partial charge in [-0.1, -0.05) is 0 Å². The fourth-order valence-corrected chi connectivity index (χ4v) is 9.88. The molecule has 6 aliphatic rings. The van der Waals surface area contributed by atoms with E-state index < -0.39 is 6.04 Å². The monoisotopic (exact) mass is 800 g/mol. The number of fused-ring (bicyclic) bond motifs is 2. The number of nitrogens with one attached hydrogen (secondary N) is 1. The number of methoxy groups -OCH3 is 2. The summed E-state index contributed by atoms with van der Waals surface area (Å²) in [6, 6.07) is 12.5. The highest BCUT2D eigenvalue weighted by atomic mass is 16.5. The largest absolute Gasteiger partial charge is 0.496 e. The number of rotatable bonds is 10. The van der Waals surface area contributed by atoms with Gasteiger partial charge in [0.25, 0.3) is 11.5 Å². The maximum absolute atomic E-state index is 13.6. The molecule has 1 N–H and O–H groups in total. The van der Waals surface area contributed by atoms with Crippen LogP contribution in [0.4, 0.5) is 11.5 Å². The number of hydrogen-bond acceptors (Lipinski definition) is 11. The van der Waals surface area contributed by atoms with Crippen LogP contribution >= 0.6 is 0 Å². The third-order valence-electron chi connectivity index (χ3n) is 13.6. The van der Waals surface area contributed by atoms with Gasteiger partial charge in [-0.25, -0.2) is 4.98 Å². The van der Waals surface area contributed by atoms with Gasteiger partial charge in [0.1, 0.15) is 23.4 Å². The number of ether oxygens (including phenoxy) is 2. The first-order valence-corrected chi connectivity index (χ1v) is 21.3. The molecule has 1 aliphatic carbocycles. The van der Waals surface area contributed by atoms with Gasteiger partial charge in [0.15, 0.2) is 0 Å². The predicted molar refractivity (Wildman–Crippen MR) is 224 cm³/mol. The highest BCUT2D eigenvalue weighted by molar-refractivity contribution is 6.05. The Balaban J connectivity index is 0.791. The van der Waals surface area contributed by atoms with Crippen molar-refractivity contribution in [2.45, 2.75) is 76.2 Å². The van der Waals surface area contributed by atoms with Crippen LogP contribution in [0.15, 0.2) is 53.6 Å². The number of amides is 3. The van der Waals surface area contributed by atoms with Crippen LogP contribution in [0, 0.1) is 0 Å². The van der Waals surface area contributed by atoms with Gasteiger partial charge >= 0.3 is 0 Å². The Morgan fingerprint density at radius 2 is 1.51 bits per heavy atom. The number of aromatic nitrogens is 2. The van der Waals surface area contributed by atoms with E-state index in [1.54, 1.807) is 25.3 Å². The molecule has 4 saturated heterocycles. The topological polar surface area (TPSA) is 133 Å². The molecule has 5 aliphatic heterocycles. The Kier molecular flexibility index (Phi) is 9.79. The molecule has 1 saturated carbocycles. The summed E-state index contributed by atoms with van der Waals surface area (Å²) in [7, 11) is 3.45. The molecule has 3 amide bonds. The number of anilines is 2. The second kappa shape index (κ2) is 15.3. The normalized spacial score (nSPS) is 21.8. The van der Waals surface area contributed by atoms with Crippen molar-refractivity contribution < 1.29 is 23.9 Å². The third-order valence-corrected chi connectivity index (χ3v) is 13.6. The van der Waals surface area contributed by atoms with Crippen LogP contribution in [0.1, 0.15) is 72.5 Å². The molecule has 14 nitrogen and oxygen atoms in total. The first kappa shape index (κ1) is 37.8. The van der Waals surface area contributed by atoms with Gasteiger partial charge in [0.2, 0.25) is 11.8 Å². The molecule has 2 aromatic heterocycles. The van der Waals surface area contributed by atoms with Gasteiger partial charge in [-0.05, 0) is 99.1 Å². The SMILES string of the molecule is COc1cc(-c2cn(C3CC3)c(=O)c3cnc(N4CCC4)cc23)cc(OC)c1CN1CCC(N2CCN(c3ccc4c(c3)CN(C3CCC(=O)NC3=O)C4=O)CC2)CC1. The molecule has 0 radical (unpaired) electrons. The fourth-order valence-electron chi connectivity index (χ4n) is 9.88. The molecule has 59 heavy (non-hydrogen) atoms. The Hall–Kier alpha value is -5.47. The lowest BCUT2D eigenvalue weighted by atomic mass is 9.97. The van der Waals surface area contributed by atoms with Gasteiger partial charge in [-0.2, -0.15) is 0 Å². The zero-order valence-electron chi connectivity index (χ0n) is 34.0. The van der Waals surface area contributed by atoms with Crippen LogP contribution in [-0.2, 0) is 22.7 Å². The lowest BCUT2D eigenvalue weighted by molar-refractivity contribution is -0.136. The Morgan fingerprint density at radius 1 is 0.763 bits per heavy atom. The van der Waals surface area contributed by atoms with Crippen molar-refractivity contribution >= 4 is 40.0 Å². The molecule has 1 unspecified atom stereocenters. The van der Waals surface area contributed by atoms with E-state index in [1.807, 2.05) is 22.9 Å². The van der Waals surface area contributed by atoms with Crippen LogP contribution in [0.5, 0.6) is 11.5 Å². The molecule has 14 heteroatoms. The molecule has 308 valence electrons. The lowest BCUT2D eigenvalue weighted by Gasteiger charge is -2.43. The van der Waals surface area contributed by atoms with E-state index in [4.69, 9.17) is 14.5 Å². The predicted octanol–water partition coefficient (Wildman–Crippen LogP) is 4.17. The molecule has 7 heterocycles. The number of piperazine rings is 1. The summed E-state index contributed by atoms with van der Waals surface area (Å²) >= 11 is 0. The standard InChI is InChI=1S/C45H52N8O6/c1-58-39-21-28(36-27-52(31-4-5-31)45(57)35-24-46-41(23-34(35)36)51-12-3-13-51)22-40(59-2)37(39)26-48-14-10-30(11-15-48)49-16-18-50(19-17-49)32-6-7-33-29(20-32)25-53(44(33)56)38-8-9-42(54)47-43(38)55/h6-7,20-24,27,30-31,38H,3-5,8-19,25-26H2,1-2H3,(H,47,54,55). The first-order valence-electron chi connectivity index (χ1n) is 21.3. The first-order chi connectivity index (χ1) is 28.8. The van der Waals surface area contributed by atoms with Gasteiger partial charge in [-0.15, -0.1) is 0 Å². The van der Waals surface area contributed by atoms with Gasteiger partial charge < -0.3 is 28.7 Å². The van der Waals surface area contributed by atoms with Crippen LogP contribution in [0.2, 0.25) is 0 Å². The van der Waals surface area contributed by atoms with Gasteiger partial charge in [0.05, 0.1) is 25.2 Å². The van der Waals surface area contributed by atoms with Gasteiger partial charge in [-0.3, -0.25) is 34.3 Å². The molecular weight excluding hydrogens is 749 g/mol. The number of imide groups is 1. The summed E-state index contributed by atoms with van der Waals surface area (Å²) in [6.07, 6.45) is 9.76. The van der Waals surface area contributed by atoms with E-state index in [0.29, 0.717) is 30.0 Å². The second-order valence-corrected chi connectivity index (χ2v) is 17.0. The van der Waals surface area contributed by atoms with E-state index in [0.717, 1.165) is 142 Å². The summed E-state index contributed by atoms with van der Waals surface area (Å²) in [6.45, 7) is 8.80.